The van der Waals surface area contributed by atoms with Gasteiger partial charge in [0, 0.05) is 25.8 Å². The first-order chi connectivity index (χ1) is 11.2. The normalized spacial score (nSPS) is 14.6. The Kier molecular flexibility index (Phi) is 3.37. The van der Waals surface area contributed by atoms with Crippen LogP contribution in [0.25, 0.3) is 11.0 Å². The van der Waals surface area contributed by atoms with Crippen LogP contribution in [-0.2, 0) is 7.05 Å². The Balaban J connectivity index is 1.82. The topological polar surface area (TPSA) is 58.9 Å². The molecule has 3 aromatic rings. The Morgan fingerprint density at radius 2 is 1.87 bits per heavy atom. The van der Waals surface area contributed by atoms with Crippen LogP contribution in [-0.4, -0.2) is 32.8 Å². The number of aromatic nitrogens is 4. The Morgan fingerprint density at radius 3 is 2.65 bits per heavy atom. The summed E-state index contributed by atoms with van der Waals surface area (Å²) in [5.41, 5.74) is 3.10. The monoisotopic (exact) mass is 308 g/mol. The fraction of sp³-hybridized carbons (Fsp3) is 0.353. The lowest BCUT2D eigenvalue weighted by atomic mass is 10.2. The highest BCUT2D eigenvalue weighted by Crippen LogP contribution is 2.28. The number of hydrogen-bond acceptors (Lipinski definition) is 5. The van der Waals surface area contributed by atoms with Gasteiger partial charge in [-0.25, -0.2) is 0 Å². The van der Waals surface area contributed by atoms with Crippen molar-refractivity contribution >= 4 is 28.5 Å². The van der Waals surface area contributed by atoms with Gasteiger partial charge in [-0.05, 0) is 31.4 Å². The van der Waals surface area contributed by atoms with Gasteiger partial charge in [-0.3, -0.25) is 4.68 Å². The zero-order valence-corrected chi connectivity index (χ0v) is 13.5. The van der Waals surface area contributed by atoms with Crippen molar-refractivity contribution in [3.63, 3.8) is 0 Å². The van der Waals surface area contributed by atoms with Crippen LogP contribution in [0.4, 0.5) is 17.5 Å². The molecule has 0 aliphatic carbocycles. The third-order valence-electron chi connectivity index (χ3n) is 4.37. The molecule has 6 heteroatoms. The average Bonchev–Trinajstić information content (AvgIpc) is 3.20. The SMILES string of the molecule is Cc1ccccc1Nc1nc(N2CCCC2)nc2c1cnn2C. The number of para-hydroxylation sites is 1. The molecule has 0 spiro atoms. The maximum Gasteiger partial charge on any atom is 0.229 e. The van der Waals surface area contributed by atoms with Gasteiger partial charge in [-0.2, -0.15) is 15.1 Å². The first-order valence-electron chi connectivity index (χ1n) is 8.00. The summed E-state index contributed by atoms with van der Waals surface area (Å²) in [6.45, 7) is 4.13. The number of benzene rings is 1. The maximum absolute atomic E-state index is 4.78. The Bertz CT molecular complexity index is 847. The van der Waals surface area contributed by atoms with E-state index >= 15 is 0 Å². The number of aryl methyl sites for hydroxylation is 2. The predicted octanol–water partition coefficient (Wildman–Crippen LogP) is 3.02. The molecule has 6 nitrogen and oxygen atoms in total. The van der Waals surface area contributed by atoms with Crippen molar-refractivity contribution in [1.82, 2.24) is 19.7 Å². The van der Waals surface area contributed by atoms with Gasteiger partial charge in [0.2, 0.25) is 5.95 Å². The molecule has 0 amide bonds. The first-order valence-corrected chi connectivity index (χ1v) is 8.00. The molecule has 1 N–H and O–H groups in total. The van der Waals surface area contributed by atoms with Crippen molar-refractivity contribution in [1.29, 1.82) is 0 Å². The third kappa shape index (κ3) is 2.50. The van der Waals surface area contributed by atoms with E-state index in [9.17, 15) is 0 Å². The highest BCUT2D eigenvalue weighted by Gasteiger charge is 2.19. The molecule has 1 fully saturated rings. The summed E-state index contributed by atoms with van der Waals surface area (Å²) in [7, 11) is 1.92. The van der Waals surface area contributed by atoms with Crippen molar-refractivity contribution in [2.45, 2.75) is 19.8 Å². The van der Waals surface area contributed by atoms with Crippen LogP contribution in [0.15, 0.2) is 30.5 Å². The van der Waals surface area contributed by atoms with E-state index in [0.29, 0.717) is 0 Å². The molecule has 0 atom stereocenters. The minimum absolute atomic E-state index is 0.787. The third-order valence-corrected chi connectivity index (χ3v) is 4.37. The zero-order valence-electron chi connectivity index (χ0n) is 13.5. The zero-order chi connectivity index (χ0) is 15.8. The van der Waals surface area contributed by atoms with Crippen molar-refractivity contribution in [3.8, 4) is 0 Å². The lowest BCUT2D eigenvalue weighted by Gasteiger charge is -2.17. The van der Waals surface area contributed by atoms with Gasteiger partial charge in [0.15, 0.2) is 5.65 Å². The number of nitrogens with zero attached hydrogens (tertiary/aromatic N) is 5. The van der Waals surface area contributed by atoms with Crippen LogP contribution in [0.1, 0.15) is 18.4 Å². The minimum atomic E-state index is 0.787. The second kappa shape index (κ2) is 5.53. The smallest absolute Gasteiger partial charge is 0.229 e. The van der Waals surface area contributed by atoms with Crippen LogP contribution in [0.5, 0.6) is 0 Å². The molecule has 23 heavy (non-hydrogen) atoms. The molecular weight excluding hydrogens is 288 g/mol. The summed E-state index contributed by atoms with van der Waals surface area (Å²) in [6, 6.07) is 8.22. The van der Waals surface area contributed by atoms with Crippen LogP contribution in [0.3, 0.4) is 0 Å². The molecule has 1 aliphatic rings. The van der Waals surface area contributed by atoms with E-state index in [1.54, 1.807) is 4.68 Å². The molecule has 0 bridgehead atoms. The summed E-state index contributed by atoms with van der Waals surface area (Å²) < 4.78 is 1.81. The molecule has 1 saturated heterocycles. The highest BCUT2D eigenvalue weighted by molar-refractivity contribution is 5.89. The van der Waals surface area contributed by atoms with Gasteiger partial charge in [-0.1, -0.05) is 18.2 Å². The van der Waals surface area contributed by atoms with E-state index in [1.807, 2.05) is 25.4 Å². The standard InChI is InChI=1S/C17H20N6/c1-12-7-3-4-8-14(12)19-15-13-11-18-22(2)16(13)21-17(20-15)23-9-5-6-10-23/h3-4,7-8,11H,5-6,9-10H2,1-2H3,(H,19,20,21). The molecule has 118 valence electrons. The second-order valence-electron chi connectivity index (χ2n) is 6.01. The van der Waals surface area contributed by atoms with Crippen molar-refractivity contribution < 1.29 is 0 Å². The van der Waals surface area contributed by atoms with E-state index in [2.05, 4.69) is 34.4 Å². The molecule has 1 aromatic carbocycles. The number of fused-ring (bicyclic) bond motifs is 1. The van der Waals surface area contributed by atoms with Gasteiger partial charge in [0.05, 0.1) is 11.6 Å². The quantitative estimate of drug-likeness (QED) is 0.806. The molecule has 0 saturated carbocycles. The maximum atomic E-state index is 4.78. The Labute approximate surface area is 135 Å². The van der Waals surface area contributed by atoms with Crippen LogP contribution >= 0.6 is 0 Å². The van der Waals surface area contributed by atoms with Crippen molar-refractivity contribution in [2.24, 2.45) is 7.05 Å². The lowest BCUT2D eigenvalue weighted by molar-refractivity contribution is 0.782. The summed E-state index contributed by atoms with van der Waals surface area (Å²) in [6.07, 6.45) is 4.23. The van der Waals surface area contributed by atoms with E-state index < -0.39 is 0 Å². The summed E-state index contributed by atoms with van der Waals surface area (Å²) >= 11 is 0. The Hall–Kier alpha value is -2.63. The molecule has 0 radical (unpaired) electrons. The number of hydrogen-bond donors (Lipinski definition) is 1. The molecular formula is C17H20N6. The van der Waals surface area contributed by atoms with Crippen LogP contribution in [0.2, 0.25) is 0 Å². The van der Waals surface area contributed by atoms with E-state index in [-0.39, 0.29) is 0 Å². The largest absolute Gasteiger partial charge is 0.341 e. The van der Waals surface area contributed by atoms with Gasteiger partial charge in [-0.15, -0.1) is 0 Å². The van der Waals surface area contributed by atoms with E-state index in [1.165, 1.54) is 18.4 Å². The van der Waals surface area contributed by atoms with E-state index in [4.69, 9.17) is 9.97 Å². The molecule has 3 heterocycles. The molecule has 1 aliphatic heterocycles. The lowest BCUT2D eigenvalue weighted by Crippen LogP contribution is -2.21. The van der Waals surface area contributed by atoms with Gasteiger partial charge in [0.25, 0.3) is 0 Å². The number of rotatable bonds is 3. The predicted molar refractivity (Wildman–Crippen MR) is 92.2 cm³/mol. The van der Waals surface area contributed by atoms with Crippen molar-refractivity contribution in [2.75, 3.05) is 23.3 Å². The fourth-order valence-corrected chi connectivity index (χ4v) is 3.01. The van der Waals surface area contributed by atoms with E-state index in [0.717, 1.165) is 41.6 Å². The number of anilines is 3. The number of nitrogens with one attached hydrogen (secondary N) is 1. The van der Waals surface area contributed by atoms with Crippen LogP contribution in [0, 0.1) is 6.92 Å². The molecule has 4 rings (SSSR count). The highest BCUT2D eigenvalue weighted by atomic mass is 15.3. The van der Waals surface area contributed by atoms with Gasteiger partial charge >= 0.3 is 0 Å². The Morgan fingerprint density at radius 1 is 1.09 bits per heavy atom. The average molecular weight is 308 g/mol. The first kappa shape index (κ1) is 14.0. The molecule has 2 aromatic heterocycles. The molecule has 0 unspecified atom stereocenters. The summed E-state index contributed by atoms with van der Waals surface area (Å²) in [5, 5.41) is 8.75. The fourth-order valence-electron chi connectivity index (χ4n) is 3.01. The second-order valence-corrected chi connectivity index (χ2v) is 6.01. The summed E-state index contributed by atoms with van der Waals surface area (Å²) in [5.74, 6) is 1.61. The van der Waals surface area contributed by atoms with Crippen molar-refractivity contribution in [3.05, 3.63) is 36.0 Å². The van der Waals surface area contributed by atoms with Gasteiger partial charge < -0.3 is 10.2 Å². The van der Waals surface area contributed by atoms with Gasteiger partial charge in [0.1, 0.15) is 5.82 Å². The minimum Gasteiger partial charge on any atom is -0.341 e. The summed E-state index contributed by atoms with van der Waals surface area (Å²) in [4.78, 5) is 11.7. The van der Waals surface area contributed by atoms with Crippen LogP contribution < -0.4 is 10.2 Å².